The van der Waals surface area contributed by atoms with Gasteiger partial charge in [0.05, 0.1) is 11.6 Å². The summed E-state index contributed by atoms with van der Waals surface area (Å²) >= 11 is 0. The normalized spacial score (nSPS) is 21.6. The Kier molecular flexibility index (Phi) is 8.28. The Morgan fingerprint density at radius 1 is 0.943 bits per heavy atom. The smallest absolute Gasteiger partial charge is 0.410 e. The van der Waals surface area contributed by atoms with Gasteiger partial charge in [-0.25, -0.2) is 14.0 Å². The summed E-state index contributed by atoms with van der Waals surface area (Å²) in [5.74, 6) is -1.09. The highest BCUT2D eigenvalue weighted by Crippen LogP contribution is 2.40. The van der Waals surface area contributed by atoms with E-state index in [4.69, 9.17) is 9.47 Å². The second-order valence-corrected chi connectivity index (χ2v) is 11.9. The van der Waals surface area contributed by atoms with Crippen molar-refractivity contribution in [2.75, 3.05) is 6.54 Å². The van der Waals surface area contributed by atoms with E-state index < -0.39 is 35.1 Å². The second kappa shape index (κ2) is 10.7. The van der Waals surface area contributed by atoms with Gasteiger partial charge in [0.15, 0.2) is 5.78 Å². The molecule has 0 bridgehead atoms. The van der Waals surface area contributed by atoms with Crippen molar-refractivity contribution < 1.29 is 28.2 Å². The summed E-state index contributed by atoms with van der Waals surface area (Å²) in [6, 6.07) is 3.59. The summed E-state index contributed by atoms with van der Waals surface area (Å²) in [5.41, 5.74) is -1.08. The molecule has 2 aliphatic rings. The maximum absolute atomic E-state index is 14.8. The Hall–Kier alpha value is -2.44. The van der Waals surface area contributed by atoms with Gasteiger partial charge in [-0.2, -0.15) is 0 Å². The summed E-state index contributed by atoms with van der Waals surface area (Å²) in [6.45, 7) is 11.1. The van der Waals surface area contributed by atoms with Crippen molar-refractivity contribution in [1.29, 1.82) is 0 Å². The molecule has 0 unspecified atom stereocenters. The fraction of sp³-hybridized carbons (Fsp3) is 0.679. The molecule has 3 rings (SSSR count). The molecule has 1 saturated carbocycles. The Labute approximate surface area is 208 Å². The molecule has 1 amide bonds. The third kappa shape index (κ3) is 7.28. The van der Waals surface area contributed by atoms with Gasteiger partial charge in [-0.3, -0.25) is 9.69 Å². The molecule has 194 valence electrons. The zero-order valence-corrected chi connectivity index (χ0v) is 22.0. The van der Waals surface area contributed by atoms with Gasteiger partial charge in [0, 0.05) is 13.0 Å². The van der Waals surface area contributed by atoms with Crippen LogP contribution in [0.2, 0.25) is 0 Å². The topological polar surface area (TPSA) is 72.9 Å². The van der Waals surface area contributed by atoms with Crippen LogP contribution in [0.5, 0.6) is 0 Å². The molecule has 6 nitrogen and oxygen atoms in total. The van der Waals surface area contributed by atoms with E-state index in [0.29, 0.717) is 18.0 Å². The van der Waals surface area contributed by atoms with Crippen molar-refractivity contribution in [3.8, 4) is 0 Å². The maximum atomic E-state index is 14.8. The van der Waals surface area contributed by atoms with Crippen LogP contribution in [-0.4, -0.2) is 46.5 Å². The van der Waals surface area contributed by atoms with E-state index in [-0.39, 0.29) is 23.7 Å². The quantitative estimate of drug-likeness (QED) is 0.468. The summed E-state index contributed by atoms with van der Waals surface area (Å²) < 4.78 is 25.6. The molecule has 0 spiro atoms. The zero-order chi connectivity index (χ0) is 26.0. The van der Waals surface area contributed by atoms with Crippen LogP contribution in [0.3, 0.4) is 0 Å². The number of esters is 1. The predicted octanol–water partition coefficient (Wildman–Crippen LogP) is 6.10. The predicted molar refractivity (Wildman–Crippen MR) is 132 cm³/mol. The van der Waals surface area contributed by atoms with E-state index in [0.717, 1.165) is 32.1 Å². The van der Waals surface area contributed by atoms with E-state index in [1.807, 2.05) is 20.8 Å². The van der Waals surface area contributed by atoms with Crippen LogP contribution < -0.4 is 0 Å². The molecule has 35 heavy (non-hydrogen) atoms. The minimum absolute atomic E-state index is 0.0152. The number of hydrogen-bond donors (Lipinski definition) is 0. The number of hydrogen-bond acceptors (Lipinski definition) is 5. The maximum Gasteiger partial charge on any atom is 0.410 e. The first-order valence-electron chi connectivity index (χ1n) is 12.8. The lowest BCUT2D eigenvalue weighted by atomic mass is 9.75. The lowest BCUT2D eigenvalue weighted by Crippen LogP contribution is -2.47. The van der Waals surface area contributed by atoms with Crippen LogP contribution in [-0.2, 0) is 20.7 Å². The van der Waals surface area contributed by atoms with Crippen LogP contribution in [0.4, 0.5) is 9.18 Å². The molecule has 0 N–H and O–H groups in total. The number of carbonyl (C=O) groups excluding carboxylic acids is 3. The first-order valence-corrected chi connectivity index (χ1v) is 12.8. The monoisotopic (exact) mass is 489 g/mol. The van der Waals surface area contributed by atoms with E-state index in [1.54, 1.807) is 31.7 Å². The third-order valence-corrected chi connectivity index (χ3v) is 6.69. The minimum atomic E-state index is -0.739. The average molecular weight is 490 g/mol. The van der Waals surface area contributed by atoms with Crippen LogP contribution in [0.1, 0.15) is 96.0 Å². The number of likely N-dealkylation sites (tertiary alicyclic amines) is 1. The van der Waals surface area contributed by atoms with Gasteiger partial charge in [0.1, 0.15) is 17.0 Å². The molecule has 2 atom stereocenters. The number of halogens is 1. The number of Topliss-reactive ketones (excluding diaryl/α,β-unsaturated/α-hetero) is 1. The standard InChI is InChI=1S/C28H40FNO5/c1-27(2,3)34-25(32)21-13-12-18(16-22(21)29)17-23(31)24-20(19-10-8-7-9-11-19)14-15-30(24)26(33)35-28(4,5)6/h12-13,16,19-20,24H,7-11,14-15,17H2,1-6H3/t20-,24-/m0/s1. The molecule has 1 saturated heterocycles. The van der Waals surface area contributed by atoms with Crippen molar-refractivity contribution in [1.82, 2.24) is 4.90 Å². The van der Waals surface area contributed by atoms with Gasteiger partial charge in [-0.05, 0) is 77.5 Å². The highest BCUT2D eigenvalue weighted by atomic mass is 19.1. The number of carbonyl (C=O) groups is 3. The van der Waals surface area contributed by atoms with Crippen molar-refractivity contribution in [2.45, 2.75) is 104 Å². The highest BCUT2D eigenvalue weighted by molar-refractivity contribution is 5.91. The second-order valence-electron chi connectivity index (χ2n) is 11.9. The number of amides is 1. The molecule has 1 aliphatic carbocycles. The van der Waals surface area contributed by atoms with Crippen molar-refractivity contribution in [3.05, 3.63) is 35.1 Å². The largest absolute Gasteiger partial charge is 0.456 e. The molecule has 1 aromatic rings. The van der Waals surface area contributed by atoms with E-state index in [2.05, 4.69) is 0 Å². The molecule has 0 aromatic heterocycles. The Morgan fingerprint density at radius 3 is 2.14 bits per heavy atom. The SMILES string of the molecule is CC(C)(C)OC(=O)c1ccc(CC(=O)[C@@H]2[C@H](C3CCCCC3)CCN2C(=O)OC(C)(C)C)cc1F. The molecule has 1 aliphatic heterocycles. The first-order chi connectivity index (χ1) is 16.2. The van der Waals surface area contributed by atoms with Crippen molar-refractivity contribution in [3.63, 3.8) is 0 Å². The van der Waals surface area contributed by atoms with Gasteiger partial charge in [-0.15, -0.1) is 0 Å². The van der Waals surface area contributed by atoms with Crippen LogP contribution in [0, 0.1) is 17.7 Å². The summed E-state index contributed by atoms with van der Waals surface area (Å²) in [6.07, 6.45) is 5.91. The van der Waals surface area contributed by atoms with E-state index >= 15 is 0 Å². The first kappa shape index (κ1) is 27.2. The molecule has 1 aromatic carbocycles. The lowest BCUT2D eigenvalue weighted by Gasteiger charge is -2.34. The van der Waals surface area contributed by atoms with Gasteiger partial charge < -0.3 is 9.47 Å². The van der Waals surface area contributed by atoms with Gasteiger partial charge in [0.25, 0.3) is 0 Å². The van der Waals surface area contributed by atoms with E-state index in [9.17, 15) is 18.8 Å². The average Bonchev–Trinajstić information content (AvgIpc) is 3.17. The van der Waals surface area contributed by atoms with Gasteiger partial charge in [-0.1, -0.05) is 38.2 Å². The van der Waals surface area contributed by atoms with Crippen LogP contribution in [0.15, 0.2) is 18.2 Å². The fourth-order valence-corrected chi connectivity index (χ4v) is 5.28. The molecular formula is C28H40FNO5. The molecule has 0 radical (unpaired) electrons. The van der Waals surface area contributed by atoms with Gasteiger partial charge in [0.2, 0.25) is 0 Å². The number of ether oxygens (including phenoxy) is 2. The van der Waals surface area contributed by atoms with Crippen molar-refractivity contribution >= 4 is 17.8 Å². The number of nitrogens with zero attached hydrogens (tertiary/aromatic N) is 1. The number of ketones is 1. The zero-order valence-electron chi connectivity index (χ0n) is 22.0. The highest BCUT2D eigenvalue weighted by Gasteiger charge is 2.46. The fourth-order valence-electron chi connectivity index (χ4n) is 5.28. The van der Waals surface area contributed by atoms with Crippen LogP contribution >= 0.6 is 0 Å². The molecule has 2 fully saturated rings. The van der Waals surface area contributed by atoms with Crippen molar-refractivity contribution in [2.24, 2.45) is 11.8 Å². The van der Waals surface area contributed by atoms with E-state index in [1.165, 1.54) is 18.6 Å². The minimum Gasteiger partial charge on any atom is -0.456 e. The molecule has 7 heteroatoms. The molecule has 1 heterocycles. The Bertz CT molecular complexity index is 940. The Morgan fingerprint density at radius 2 is 1.57 bits per heavy atom. The lowest BCUT2D eigenvalue weighted by molar-refractivity contribution is -0.124. The third-order valence-electron chi connectivity index (χ3n) is 6.69. The summed E-state index contributed by atoms with van der Waals surface area (Å²) in [5, 5.41) is 0. The Balaban J connectivity index is 1.80. The number of rotatable bonds is 5. The summed E-state index contributed by atoms with van der Waals surface area (Å²) in [7, 11) is 0. The summed E-state index contributed by atoms with van der Waals surface area (Å²) in [4.78, 5) is 40.5. The van der Waals surface area contributed by atoms with Crippen LogP contribution in [0.25, 0.3) is 0 Å². The molecular weight excluding hydrogens is 449 g/mol. The number of benzene rings is 1. The van der Waals surface area contributed by atoms with Gasteiger partial charge >= 0.3 is 12.1 Å².